The number of ether oxygens (including phenoxy) is 1. The number of H-pyrrole nitrogens is 2. The van der Waals surface area contributed by atoms with Crippen LogP contribution < -0.4 is 15.0 Å². The van der Waals surface area contributed by atoms with Crippen molar-refractivity contribution >= 4 is 38.2 Å². The summed E-state index contributed by atoms with van der Waals surface area (Å²) in [4.78, 5) is 13.3. The normalized spacial score (nSPS) is 17.5. The first-order valence-electron chi connectivity index (χ1n) is 11.6. The van der Waals surface area contributed by atoms with Gasteiger partial charge in [-0.05, 0) is 25.8 Å². The van der Waals surface area contributed by atoms with Gasteiger partial charge in [0.25, 0.3) is 0 Å². The van der Waals surface area contributed by atoms with E-state index in [0.29, 0.717) is 29.1 Å². The third-order valence-corrected chi connectivity index (χ3v) is 7.94. The molecule has 0 unspecified atom stereocenters. The first-order chi connectivity index (χ1) is 17.2. The zero-order valence-corrected chi connectivity index (χ0v) is 20.1. The number of hydrogen-bond donors (Lipinski definition) is 3. The van der Waals surface area contributed by atoms with Gasteiger partial charge >= 0.3 is 6.01 Å². The third-order valence-electron chi connectivity index (χ3n) is 6.33. The SMILES string of the molecule is Cc1cc2c(F)c(Oc3nc(Nc4cc(C5CC5)[nH]n4)cc(N4CCS(=O)(=O)CC4)n3)cc(F)c2[nH]1. The zero-order chi connectivity index (χ0) is 25.0. The first kappa shape index (κ1) is 22.7. The van der Waals surface area contributed by atoms with E-state index in [0.717, 1.165) is 24.6 Å². The van der Waals surface area contributed by atoms with Crippen molar-refractivity contribution in [2.75, 3.05) is 34.8 Å². The van der Waals surface area contributed by atoms with Gasteiger partial charge in [0.1, 0.15) is 11.6 Å². The van der Waals surface area contributed by atoms with Crippen LogP contribution in [0.3, 0.4) is 0 Å². The van der Waals surface area contributed by atoms with Gasteiger partial charge in [-0.2, -0.15) is 15.1 Å². The average Bonchev–Trinajstić information content (AvgIpc) is 3.44. The number of sulfone groups is 1. The number of halogens is 2. The Hall–Kier alpha value is -3.74. The number of aromatic nitrogens is 5. The van der Waals surface area contributed by atoms with E-state index >= 15 is 4.39 Å². The van der Waals surface area contributed by atoms with Crippen molar-refractivity contribution in [3.63, 3.8) is 0 Å². The number of nitrogens with one attached hydrogen (secondary N) is 3. The van der Waals surface area contributed by atoms with Gasteiger partial charge in [0.15, 0.2) is 33.0 Å². The highest BCUT2D eigenvalue weighted by Gasteiger charge is 2.27. The molecule has 4 aromatic rings. The summed E-state index contributed by atoms with van der Waals surface area (Å²) >= 11 is 0. The molecule has 2 fully saturated rings. The van der Waals surface area contributed by atoms with Crippen LogP contribution in [-0.4, -0.2) is 58.2 Å². The summed E-state index contributed by atoms with van der Waals surface area (Å²) in [5, 5.41) is 10.4. The molecule has 13 heteroatoms. The summed E-state index contributed by atoms with van der Waals surface area (Å²) < 4.78 is 59.2. The molecule has 3 aromatic heterocycles. The molecule has 0 amide bonds. The predicted molar refractivity (Wildman–Crippen MR) is 130 cm³/mol. The predicted octanol–water partition coefficient (Wildman–Crippen LogP) is 3.92. The van der Waals surface area contributed by atoms with Crippen LogP contribution in [0.15, 0.2) is 24.3 Å². The van der Waals surface area contributed by atoms with Gasteiger partial charge in [-0.3, -0.25) is 5.10 Å². The molecule has 0 bridgehead atoms. The molecule has 10 nitrogen and oxygen atoms in total. The zero-order valence-electron chi connectivity index (χ0n) is 19.3. The molecule has 1 aromatic carbocycles. The van der Waals surface area contributed by atoms with Gasteiger partial charge in [0, 0.05) is 54.0 Å². The van der Waals surface area contributed by atoms with Crippen molar-refractivity contribution in [1.82, 2.24) is 25.1 Å². The molecule has 1 aliphatic carbocycles. The van der Waals surface area contributed by atoms with Crippen molar-refractivity contribution in [2.45, 2.75) is 25.7 Å². The van der Waals surface area contributed by atoms with Crippen molar-refractivity contribution < 1.29 is 21.9 Å². The van der Waals surface area contributed by atoms with Gasteiger partial charge in [-0.25, -0.2) is 17.2 Å². The fourth-order valence-corrected chi connectivity index (χ4v) is 5.47. The van der Waals surface area contributed by atoms with E-state index in [1.807, 2.05) is 6.07 Å². The standard InChI is InChI=1S/C23H23F2N7O3S/c1-12-8-14-21(25)17(9-15(24)22(14)26-12)35-23-28-18(27-19-10-16(30-31-19)13-2-3-13)11-20(29-23)32-4-6-36(33,34)7-5-32/h8-11,13,26H,2-7H2,1H3,(H2,27,28,29,30,31). The number of rotatable bonds is 6. The van der Waals surface area contributed by atoms with E-state index in [1.165, 1.54) is 6.07 Å². The highest BCUT2D eigenvalue weighted by atomic mass is 32.2. The van der Waals surface area contributed by atoms with Crippen LogP contribution in [0.25, 0.3) is 10.9 Å². The van der Waals surface area contributed by atoms with Crippen LogP contribution in [0.1, 0.15) is 30.1 Å². The van der Waals surface area contributed by atoms with Gasteiger partial charge in [0.2, 0.25) is 0 Å². The Morgan fingerprint density at radius 2 is 1.86 bits per heavy atom. The third kappa shape index (κ3) is 4.45. The summed E-state index contributed by atoms with van der Waals surface area (Å²) in [6.07, 6.45) is 2.23. The maximum Gasteiger partial charge on any atom is 0.326 e. The van der Waals surface area contributed by atoms with Crippen LogP contribution in [0.4, 0.5) is 26.2 Å². The maximum atomic E-state index is 15.1. The number of aromatic amines is 2. The van der Waals surface area contributed by atoms with E-state index in [2.05, 4.69) is 30.5 Å². The Morgan fingerprint density at radius 3 is 2.61 bits per heavy atom. The molecule has 3 N–H and O–H groups in total. The van der Waals surface area contributed by atoms with Gasteiger partial charge in [-0.1, -0.05) is 0 Å². The summed E-state index contributed by atoms with van der Waals surface area (Å²) in [7, 11) is -3.11. The Labute approximate surface area is 205 Å². The lowest BCUT2D eigenvalue weighted by Crippen LogP contribution is -2.40. The smallest absolute Gasteiger partial charge is 0.326 e. The molecule has 0 atom stereocenters. The van der Waals surface area contributed by atoms with Crippen LogP contribution in [0.2, 0.25) is 0 Å². The number of aryl methyl sites for hydroxylation is 1. The van der Waals surface area contributed by atoms with E-state index in [4.69, 9.17) is 4.74 Å². The topological polar surface area (TPSA) is 129 Å². The summed E-state index contributed by atoms with van der Waals surface area (Å²) in [6, 6.07) is 5.76. The Balaban J connectivity index is 1.35. The molecular weight excluding hydrogens is 492 g/mol. The van der Waals surface area contributed by atoms with Crippen molar-refractivity contribution in [3.8, 4) is 11.8 Å². The van der Waals surface area contributed by atoms with Crippen LogP contribution in [0.5, 0.6) is 11.8 Å². The fourth-order valence-electron chi connectivity index (χ4n) is 4.27. The highest BCUT2D eigenvalue weighted by Crippen LogP contribution is 2.40. The summed E-state index contributed by atoms with van der Waals surface area (Å²) in [6.45, 7) is 2.18. The van der Waals surface area contributed by atoms with Crippen molar-refractivity contribution in [3.05, 3.63) is 47.3 Å². The molecule has 1 saturated heterocycles. The Kier molecular flexibility index (Phi) is 5.32. The highest BCUT2D eigenvalue weighted by molar-refractivity contribution is 7.91. The molecule has 0 radical (unpaired) electrons. The molecule has 36 heavy (non-hydrogen) atoms. The first-order valence-corrected chi connectivity index (χ1v) is 13.4. The number of fused-ring (bicyclic) bond motifs is 1. The lowest BCUT2D eigenvalue weighted by molar-refractivity contribution is 0.411. The fraction of sp³-hybridized carbons (Fsp3) is 0.348. The second kappa shape index (κ2) is 8.43. The molecule has 4 heterocycles. The lowest BCUT2D eigenvalue weighted by Gasteiger charge is -2.28. The van der Waals surface area contributed by atoms with Crippen LogP contribution in [-0.2, 0) is 9.84 Å². The molecule has 188 valence electrons. The number of hydrogen-bond acceptors (Lipinski definition) is 8. The minimum absolute atomic E-state index is 0.0105. The van der Waals surface area contributed by atoms with Gasteiger partial charge in [-0.15, -0.1) is 0 Å². The minimum atomic E-state index is -3.11. The number of anilines is 3. The van der Waals surface area contributed by atoms with E-state index in [1.54, 1.807) is 17.9 Å². The monoisotopic (exact) mass is 515 g/mol. The van der Waals surface area contributed by atoms with E-state index < -0.39 is 21.5 Å². The van der Waals surface area contributed by atoms with Crippen molar-refractivity contribution in [1.29, 1.82) is 0 Å². The molecule has 1 aliphatic heterocycles. The number of benzene rings is 1. The summed E-state index contributed by atoms with van der Waals surface area (Å²) in [5.74, 6) is -0.0692. The second-order valence-corrected chi connectivity index (χ2v) is 11.5. The Morgan fingerprint density at radius 1 is 1.08 bits per heavy atom. The maximum absolute atomic E-state index is 15.1. The van der Waals surface area contributed by atoms with E-state index in [-0.39, 0.29) is 47.3 Å². The quantitative estimate of drug-likeness (QED) is 0.353. The second-order valence-electron chi connectivity index (χ2n) is 9.15. The molecule has 2 aliphatic rings. The van der Waals surface area contributed by atoms with Crippen LogP contribution in [0, 0.1) is 18.6 Å². The average molecular weight is 516 g/mol. The molecule has 6 rings (SSSR count). The van der Waals surface area contributed by atoms with Crippen molar-refractivity contribution in [2.24, 2.45) is 0 Å². The lowest BCUT2D eigenvalue weighted by atomic mass is 10.2. The van der Waals surface area contributed by atoms with Crippen LogP contribution >= 0.6 is 0 Å². The molecule has 0 spiro atoms. The molecule has 1 saturated carbocycles. The Bertz CT molecular complexity index is 1570. The summed E-state index contributed by atoms with van der Waals surface area (Å²) in [5.41, 5.74) is 1.68. The van der Waals surface area contributed by atoms with Gasteiger partial charge in [0.05, 0.1) is 17.0 Å². The largest absolute Gasteiger partial charge is 0.421 e. The molecular formula is C23H23F2N7O3S. The minimum Gasteiger partial charge on any atom is -0.421 e. The number of nitrogens with zero attached hydrogens (tertiary/aromatic N) is 4. The van der Waals surface area contributed by atoms with E-state index in [9.17, 15) is 12.8 Å². The van der Waals surface area contributed by atoms with Gasteiger partial charge < -0.3 is 19.9 Å².